The van der Waals surface area contributed by atoms with Crippen LogP contribution in [0.5, 0.6) is 0 Å². The van der Waals surface area contributed by atoms with Gasteiger partial charge in [0.25, 0.3) is 0 Å². The fourth-order valence-electron chi connectivity index (χ4n) is 3.11. The summed E-state index contributed by atoms with van der Waals surface area (Å²) in [5, 5.41) is 8.68. The molecule has 0 fully saturated rings. The Kier molecular flexibility index (Phi) is 3.65. The number of aromatic nitrogens is 3. The van der Waals surface area contributed by atoms with Gasteiger partial charge < -0.3 is 4.84 Å². The summed E-state index contributed by atoms with van der Waals surface area (Å²) in [6, 6.07) is 22.4. The molecule has 0 saturated heterocycles. The number of hydrogen-bond acceptors (Lipinski definition) is 4. The zero-order valence-electron chi connectivity index (χ0n) is 13.9. The van der Waals surface area contributed by atoms with Crippen molar-refractivity contribution in [3.63, 3.8) is 0 Å². The zero-order chi connectivity index (χ0) is 17.3. The lowest BCUT2D eigenvalue weighted by Gasteiger charge is -2.10. The largest absolute Gasteiger partial charge is 0.391 e. The van der Waals surface area contributed by atoms with E-state index in [4.69, 9.17) is 9.82 Å². The fraction of sp³-hybridized carbons (Fsp3) is 0.0476. The fourth-order valence-corrected chi connectivity index (χ4v) is 3.83. The highest BCUT2D eigenvalue weighted by Crippen LogP contribution is 2.34. The Morgan fingerprint density at radius 2 is 1.73 bits per heavy atom. The minimum atomic E-state index is 0.453. The van der Waals surface area contributed by atoms with Crippen LogP contribution in [-0.4, -0.2) is 14.9 Å². The number of nitrogens with zero attached hydrogens (tertiary/aromatic N) is 3. The maximum atomic E-state index is 6.00. The maximum Gasteiger partial charge on any atom is 0.142 e. The van der Waals surface area contributed by atoms with E-state index in [1.807, 2.05) is 60.8 Å². The molecule has 0 spiro atoms. The number of thiophene rings is 1. The third-order valence-electron chi connectivity index (χ3n) is 4.34. The number of pyridine rings is 1. The van der Waals surface area contributed by atoms with Gasteiger partial charge in [-0.3, -0.25) is 0 Å². The van der Waals surface area contributed by atoms with Crippen molar-refractivity contribution in [2.24, 2.45) is 0 Å². The van der Waals surface area contributed by atoms with Crippen molar-refractivity contribution in [1.29, 1.82) is 0 Å². The molecule has 26 heavy (non-hydrogen) atoms. The van der Waals surface area contributed by atoms with Crippen molar-refractivity contribution >= 4 is 33.1 Å². The van der Waals surface area contributed by atoms with Crippen molar-refractivity contribution in [3.8, 4) is 10.6 Å². The van der Waals surface area contributed by atoms with Gasteiger partial charge in [-0.1, -0.05) is 59.4 Å². The first-order valence-electron chi connectivity index (χ1n) is 8.38. The molecule has 0 bridgehead atoms. The van der Waals surface area contributed by atoms with Gasteiger partial charge in [0.2, 0.25) is 0 Å². The summed E-state index contributed by atoms with van der Waals surface area (Å²) in [5.41, 5.74) is 3.87. The summed E-state index contributed by atoms with van der Waals surface area (Å²) in [6.45, 7) is 0.453. The molecule has 126 valence electrons. The molecule has 3 aromatic heterocycles. The van der Waals surface area contributed by atoms with Crippen LogP contribution < -0.4 is 4.84 Å². The van der Waals surface area contributed by atoms with Crippen molar-refractivity contribution in [2.75, 3.05) is 0 Å². The molecule has 0 radical (unpaired) electrons. The molecule has 0 unspecified atom stereocenters. The molecule has 0 aliphatic carbocycles. The Bertz CT molecular complexity index is 1180. The molecule has 5 heteroatoms. The highest BCUT2D eigenvalue weighted by Gasteiger charge is 2.17. The minimum absolute atomic E-state index is 0.453. The smallest absolute Gasteiger partial charge is 0.142 e. The van der Waals surface area contributed by atoms with Crippen molar-refractivity contribution < 1.29 is 4.84 Å². The molecule has 3 heterocycles. The lowest BCUT2D eigenvalue weighted by Crippen LogP contribution is -2.13. The molecular weight excluding hydrogens is 342 g/mol. The lowest BCUT2D eigenvalue weighted by molar-refractivity contribution is 0.0796. The van der Waals surface area contributed by atoms with Gasteiger partial charge in [0.05, 0.1) is 16.6 Å². The van der Waals surface area contributed by atoms with E-state index in [0.717, 1.165) is 37.9 Å². The van der Waals surface area contributed by atoms with Gasteiger partial charge in [0, 0.05) is 10.8 Å². The van der Waals surface area contributed by atoms with Gasteiger partial charge in [0.1, 0.15) is 17.8 Å². The van der Waals surface area contributed by atoms with Crippen LogP contribution in [0.1, 0.15) is 5.56 Å². The molecular formula is C21H15N3OS. The summed E-state index contributed by atoms with van der Waals surface area (Å²) < 4.78 is 0. The summed E-state index contributed by atoms with van der Waals surface area (Å²) in [7, 11) is 0. The van der Waals surface area contributed by atoms with Crippen LogP contribution in [0.4, 0.5) is 0 Å². The Hall–Kier alpha value is -3.18. The Labute approximate surface area is 154 Å². The van der Waals surface area contributed by atoms with Crippen LogP contribution in [0, 0.1) is 0 Å². The van der Waals surface area contributed by atoms with Crippen LogP contribution in [0.2, 0.25) is 0 Å². The normalized spacial score (nSPS) is 11.2. The van der Waals surface area contributed by atoms with Crippen LogP contribution in [0.15, 0.2) is 78.3 Å². The van der Waals surface area contributed by atoms with E-state index in [-0.39, 0.29) is 0 Å². The lowest BCUT2D eigenvalue weighted by atomic mass is 10.1. The molecule has 0 N–H and O–H groups in total. The molecule has 0 aliphatic heterocycles. The van der Waals surface area contributed by atoms with E-state index >= 15 is 0 Å². The molecule has 5 aromatic rings. The number of para-hydroxylation sites is 1. The third-order valence-corrected chi connectivity index (χ3v) is 5.22. The van der Waals surface area contributed by atoms with Crippen molar-refractivity contribution in [1.82, 2.24) is 14.9 Å². The van der Waals surface area contributed by atoms with Gasteiger partial charge in [-0.15, -0.1) is 16.4 Å². The van der Waals surface area contributed by atoms with Crippen LogP contribution in [-0.2, 0) is 6.61 Å². The van der Waals surface area contributed by atoms with Gasteiger partial charge in [-0.2, -0.15) is 0 Å². The quantitative estimate of drug-likeness (QED) is 0.457. The SMILES string of the molecule is c1ccc(COn2ncc3c4ccccc4nc(-c4cccs4)c32)cc1. The van der Waals surface area contributed by atoms with Crippen molar-refractivity contribution in [3.05, 3.63) is 83.9 Å². The molecule has 0 saturated carbocycles. The maximum absolute atomic E-state index is 6.00. The van der Waals surface area contributed by atoms with Crippen LogP contribution in [0.25, 0.3) is 32.4 Å². The van der Waals surface area contributed by atoms with E-state index < -0.39 is 0 Å². The summed E-state index contributed by atoms with van der Waals surface area (Å²) in [5.74, 6) is 0. The van der Waals surface area contributed by atoms with Gasteiger partial charge in [-0.25, -0.2) is 4.98 Å². The predicted octanol–water partition coefficient (Wildman–Crippen LogP) is 4.94. The molecule has 0 atom stereocenters. The Morgan fingerprint density at radius 3 is 2.58 bits per heavy atom. The van der Waals surface area contributed by atoms with E-state index in [1.54, 1.807) is 16.2 Å². The number of rotatable bonds is 4. The van der Waals surface area contributed by atoms with E-state index in [9.17, 15) is 0 Å². The van der Waals surface area contributed by atoms with Crippen LogP contribution >= 0.6 is 11.3 Å². The minimum Gasteiger partial charge on any atom is -0.391 e. The Morgan fingerprint density at radius 1 is 0.885 bits per heavy atom. The highest BCUT2D eigenvalue weighted by molar-refractivity contribution is 7.13. The van der Waals surface area contributed by atoms with E-state index in [2.05, 4.69) is 22.6 Å². The van der Waals surface area contributed by atoms with E-state index in [0.29, 0.717) is 6.61 Å². The first-order chi connectivity index (χ1) is 12.9. The predicted molar refractivity (Wildman–Crippen MR) is 105 cm³/mol. The second-order valence-electron chi connectivity index (χ2n) is 5.99. The molecule has 0 amide bonds. The third kappa shape index (κ3) is 2.53. The molecule has 4 nitrogen and oxygen atoms in total. The average Bonchev–Trinajstić information content (AvgIpc) is 3.37. The first-order valence-corrected chi connectivity index (χ1v) is 9.26. The monoisotopic (exact) mass is 357 g/mol. The van der Waals surface area contributed by atoms with Gasteiger partial charge in [-0.05, 0) is 23.1 Å². The summed E-state index contributed by atoms with van der Waals surface area (Å²) in [6.07, 6.45) is 1.86. The van der Waals surface area contributed by atoms with Gasteiger partial charge in [0.15, 0.2) is 0 Å². The average molecular weight is 357 g/mol. The molecule has 0 aliphatic rings. The second kappa shape index (κ2) is 6.28. The van der Waals surface area contributed by atoms with E-state index in [1.165, 1.54) is 0 Å². The summed E-state index contributed by atoms with van der Waals surface area (Å²) in [4.78, 5) is 13.6. The Balaban J connectivity index is 1.68. The standard InChI is InChI=1S/C21H15N3OS/c1-2-7-15(8-3-1)14-25-24-21-17(13-22-24)16-9-4-5-10-18(16)23-20(21)19-11-6-12-26-19/h1-13H,14H2. The van der Waals surface area contributed by atoms with Crippen LogP contribution in [0.3, 0.4) is 0 Å². The molecule has 5 rings (SSSR count). The number of benzene rings is 2. The highest BCUT2D eigenvalue weighted by atomic mass is 32.1. The second-order valence-corrected chi connectivity index (χ2v) is 6.94. The van der Waals surface area contributed by atoms with Crippen molar-refractivity contribution in [2.45, 2.75) is 6.61 Å². The topological polar surface area (TPSA) is 39.9 Å². The van der Waals surface area contributed by atoms with Gasteiger partial charge >= 0.3 is 0 Å². The molecule has 2 aromatic carbocycles. The summed E-state index contributed by atoms with van der Waals surface area (Å²) >= 11 is 1.67. The first kappa shape index (κ1) is 15.1. The number of fused-ring (bicyclic) bond motifs is 3. The zero-order valence-corrected chi connectivity index (χ0v) is 14.7. The number of hydrogen-bond donors (Lipinski definition) is 0.